The number of hydrogen-bond donors (Lipinski definition) is 0. The minimum absolute atomic E-state index is 0.471. The highest BCUT2D eigenvalue weighted by atomic mass is 32.2. The Morgan fingerprint density at radius 2 is 0.940 bits per heavy atom. The van der Waals surface area contributed by atoms with Gasteiger partial charge in [0, 0.05) is 53.4 Å². The molecule has 0 bridgehead atoms. The van der Waals surface area contributed by atoms with E-state index in [9.17, 15) is 33.6 Å². The lowest BCUT2D eigenvalue weighted by molar-refractivity contribution is -0.341. The van der Waals surface area contributed by atoms with E-state index in [1.165, 1.54) is 0 Å². The van der Waals surface area contributed by atoms with Crippen LogP contribution >= 0.6 is 11.8 Å². The molecule has 2 aliphatic heterocycles. The molecule has 2 aliphatic rings. The van der Waals surface area contributed by atoms with Gasteiger partial charge in [0.2, 0.25) is 0 Å². The van der Waals surface area contributed by atoms with Crippen molar-refractivity contribution < 1.29 is 80.9 Å². The molecule has 0 spiro atoms. The summed E-state index contributed by atoms with van der Waals surface area (Å²) in [7, 11) is 0. The number of rotatable bonds is 13. The smallest absolute Gasteiger partial charge is 0.303 e. The molecule has 2 heterocycles. The van der Waals surface area contributed by atoms with Gasteiger partial charge in [-0.1, -0.05) is 30.0 Å². The van der Waals surface area contributed by atoms with E-state index in [0.29, 0.717) is 4.90 Å². The molecule has 2 fully saturated rings. The number of esters is 7. The van der Waals surface area contributed by atoms with Crippen molar-refractivity contribution >= 4 is 53.5 Å². The van der Waals surface area contributed by atoms with Gasteiger partial charge in [0.15, 0.2) is 36.8 Å². The number of thioether (sulfide) groups is 1. The number of carbonyl (C=O) groups excluding carboxylic acids is 7. The molecule has 50 heavy (non-hydrogen) atoms. The van der Waals surface area contributed by atoms with E-state index in [-0.39, 0.29) is 0 Å². The normalized spacial score (nSPS) is 29.0. The summed E-state index contributed by atoms with van der Waals surface area (Å²) in [6.07, 6.45) is -13.4. The van der Waals surface area contributed by atoms with Crippen molar-refractivity contribution in [2.45, 2.75) is 114 Å². The van der Waals surface area contributed by atoms with Crippen LogP contribution in [0.15, 0.2) is 35.2 Å². The van der Waals surface area contributed by atoms with Gasteiger partial charge >= 0.3 is 41.8 Å². The summed E-state index contributed by atoms with van der Waals surface area (Å²) >= 11 is 1.12. The first-order valence-corrected chi connectivity index (χ1v) is 16.2. The Bertz CT molecular complexity index is 1390. The summed E-state index contributed by atoms with van der Waals surface area (Å²) in [6.45, 7) is 6.66. The highest BCUT2D eigenvalue weighted by Crippen LogP contribution is 2.39. The fraction of sp³-hybridized carbons (Fsp3) is 0.594. The molecule has 3 rings (SSSR count). The average Bonchev–Trinajstić information content (AvgIpc) is 3.00. The molecule has 0 amide bonds. The quantitative estimate of drug-likeness (QED) is 0.207. The minimum atomic E-state index is -1.75. The standard InChI is InChI=1S/C32H40O17S/c1-15(33)40-13-23-25(42-17(3)35)27(43-18(4)36)29(45-20(6)38)31(47-23)49-26-24(14-41-16(2)34)48-32(50-22-11-9-8-10-12-22)30(46-21(7)39)28(26)44-19(5)37/h8-12,23-32H,13-14H2,1-7H3/t23?,24?,25-,26-,27?,28?,29?,30?,31+,32+/m1/s1. The second-order valence-electron chi connectivity index (χ2n) is 11.1. The molecule has 0 aromatic heterocycles. The summed E-state index contributed by atoms with van der Waals surface area (Å²) in [4.78, 5) is 86.2. The molecule has 18 heteroatoms. The van der Waals surface area contributed by atoms with Gasteiger partial charge in [-0.25, -0.2) is 0 Å². The summed E-state index contributed by atoms with van der Waals surface area (Å²) in [5.41, 5.74) is -1.05. The zero-order valence-corrected chi connectivity index (χ0v) is 29.2. The van der Waals surface area contributed by atoms with Crippen LogP contribution in [-0.2, 0) is 80.9 Å². The van der Waals surface area contributed by atoms with Crippen molar-refractivity contribution in [2.24, 2.45) is 0 Å². The Labute approximate surface area is 291 Å². The molecule has 1 aromatic carbocycles. The van der Waals surface area contributed by atoms with Crippen LogP contribution in [0.1, 0.15) is 48.5 Å². The largest absolute Gasteiger partial charge is 0.463 e. The first kappa shape index (κ1) is 40.2. The SMILES string of the molecule is CC(=O)OCC1O[C@@H](O[C@@H]2C(COC(C)=O)O[C@@H](Sc3ccccc3)C(OC(C)=O)C2OC(C)=O)C(OC(C)=O)C(OC(C)=O)[C@@H]1OC(C)=O. The Morgan fingerprint density at radius 3 is 1.42 bits per heavy atom. The van der Waals surface area contributed by atoms with E-state index in [0.717, 1.165) is 60.2 Å². The lowest BCUT2D eigenvalue weighted by atomic mass is 9.96. The second kappa shape index (κ2) is 18.7. The Kier molecular flexibility index (Phi) is 15.0. The highest BCUT2D eigenvalue weighted by molar-refractivity contribution is 7.99. The zero-order chi connectivity index (χ0) is 37.1. The van der Waals surface area contributed by atoms with E-state index in [4.69, 9.17) is 47.4 Å². The van der Waals surface area contributed by atoms with Crippen LogP contribution in [0, 0.1) is 0 Å². The Balaban J connectivity index is 2.16. The van der Waals surface area contributed by atoms with Gasteiger partial charge in [0.05, 0.1) is 0 Å². The highest BCUT2D eigenvalue weighted by Gasteiger charge is 2.57. The van der Waals surface area contributed by atoms with Crippen molar-refractivity contribution in [3.05, 3.63) is 30.3 Å². The van der Waals surface area contributed by atoms with Crippen LogP contribution in [0.5, 0.6) is 0 Å². The van der Waals surface area contributed by atoms with Crippen LogP contribution in [0.3, 0.4) is 0 Å². The third-order valence-electron chi connectivity index (χ3n) is 6.88. The zero-order valence-electron chi connectivity index (χ0n) is 28.4. The van der Waals surface area contributed by atoms with Crippen LogP contribution in [-0.4, -0.2) is 116 Å². The van der Waals surface area contributed by atoms with Gasteiger partial charge in [0.1, 0.15) is 37.0 Å². The molecule has 6 unspecified atom stereocenters. The Hall–Kier alpha value is -4.26. The van der Waals surface area contributed by atoms with E-state index in [2.05, 4.69) is 0 Å². The molecular formula is C32H40O17S. The van der Waals surface area contributed by atoms with Gasteiger partial charge in [-0.2, -0.15) is 0 Å². The minimum Gasteiger partial charge on any atom is -0.463 e. The summed E-state index contributed by atoms with van der Waals surface area (Å²) in [5, 5.41) is 0. The van der Waals surface area contributed by atoms with E-state index in [1.54, 1.807) is 30.3 Å². The van der Waals surface area contributed by atoms with Crippen LogP contribution in [0.2, 0.25) is 0 Å². The summed E-state index contributed by atoms with van der Waals surface area (Å²) < 4.78 is 56.8. The number of benzene rings is 1. The maximum atomic E-state index is 12.5. The van der Waals surface area contributed by atoms with Crippen molar-refractivity contribution in [3.63, 3.8) is 0 Å². The first-order chi connectivity index (χ1) is 23.5. The molecule has 0 saturated carbocycles. The molecule has 10 atom stereocenters. The summed E-state index contributed by atoms with van der Waals surface area (Å²) in [5.74, 6) is -5.63. The number of carbonyl (C=O) groups is 7. The second-order valence-corrected chi connectivity index (χ2v) is 12.3. The third kappa shape index (κ3) is 12.0. The van der Waals surface area contributed by atoms with Gasteiger partial charge < -0.3 is 47.4 Å². The van der Waals surface area contributed by atoms with Gasteiger partial charge in [-0.05, 0) is 12.1 Å². The topological polar surface area (TPSA) is 212 Å². The van der Waals surface area contributed by atoms with Gasteiger partial charge in [-0.15, -0.1) is 0 Å². The molecular weight excluding hydrogens is 688 g/mol. The van der Waals surface area contributed by atoms with Crippen molar-refractivity contribution in [1.29, 1.82) is 0 Å². The Morgan fingerprint density at radius 1 is 0.520 bits per heavy atom. The molecule has 17 nitrogen and oxygen atoms in total. The van der Waals surface area contributed by atoms with E-state index < -0.39 is 116 Å². The summed E-state index contributed by atoms with van der Waals surface area (Å²) in [6, 6.07) is 8.85. The molecule has 0 aliphatic carbocycles. The predicted octanol–water partition coefficient (Wildman–Crippen LogP) is 1.40. The average molecular weight is 729 g/mol. The number of ether oxygens (including phenoxy) is 10. The van der Waals surface area contributed by atoms with Crippen molar-refractivity contribution in [3.8, 4) is 0 Å². The fourth-order valence-corrected chi connectivity index (χ4v) is 6.33. The number of hydrogen-bond acceptors (Lipinski definition) is 18. The molecule has 0 radical (unpaired) electrons. The maximum absolute atomic E-state index is 12.5. The van der Waals surface area contributed by atoms with Crippen molar-refractivity contribution in [1.82, 2.24) is 0 Å². The predicted molar refractivity (Wildman–Crippen MR) is 166 cm³/mol. The van der Waals surface area contributed by atoms with Crippen LogP contribution in [0.4, 0.5) is 0 Å². The van der Waals surface area contributed by atoms with Crippen molar-refractivity contribution in [2.75, 3.05) is 13.2 Å². The fourth-order valence-electron chi connectivity index (χ4n) is 5.20. The molecule has 1 aromatic rings. The van der Waals surface area contributed by atoms with E-state index >= 15 is 0 Å². The van der Waals surface area contributed by atoms with Gasteiger partial charge in [0.25, 0.3) is 0 Å². The monoisotopic (exact) mass is 728 g/mol. The molecule has 276 valence electrons. The lowest BCUT2D eigenvalue weighted by Crippen LogP contribution is -2.66. The van der Waals surface area contributed by atoms with E-state index in [1.807, 2.05) is 0 Å². The maximum Gasteiger partial charge on any atom is 0.303 e. The van der Waals surface area contributed by atoms with Gasteiger partial charge in [-0.3, -0.25) is 33.6 Å². The molecule has 2 saturated heterocycles. The molecule has 0 N–H and O–H groups in total. The van der Waals surface area contributed by atoms with Crippen LogP contribution < -0.4 is 0 Å². The lowest BCUT2D eigenvalue weighted by Gasteiger charge is -2.48. The first-order valence-electron chi connectivity index (χ1n) is 15.4. The van der Waals surface area contributed by atoms with Crippen LogP contribution in [0.25, 0.3) is 0 Å². The third-order valence-corrected chi connectivity index (χ3v) is 8.04.